The van der Waals surface area contributed by atoms with Crippen LogP contribution in [0.5, 0.6) is 0 Å². The lowest BCUT2D eigenvalue weighted by Gasteiger charge is -2.21. The van der Waals surface area contributed by atoms with E-state index in [1.54, 1.807) is 0 Å². The first-order chi connectivity index (χ1) is 7.31. The van der Waals surface area contributed by atoms with Crippen molar-refractivity contribution in [2.24, 2.45) is 5.92 Å². The summed E-state index contributed by atoms with van der Waals surface area (Å²) in [5.74, 6) is 0.721. The Kier molecular flexibility index (Phi) is 4.04. The van der Waals surface area contributed by atoms with Crippen LogP contribution < -0.4 is 0 Å². The van der Waals surface area contributed by atoms with Crippen LogP contribution in [-0.2, 0) is 4.74 Å². The maximum absolute atomic E-state index is 9.84. The molecular formula is C13H24O2. The maximum Gasteiger partial charge on any atom is 0.0836 e. The highest BCUT2D eigenvalue weighted by molar-refractivity contribution is 4.86. The van der Waals surface area contributed by atoms with Crippen molar-refractivity contribution in [2.75, 3.05) is 0 Å². The molecule has 3 atom stereocenters. The van der Waals surface area contributed by atoms with E-state index in [2.05, 4.69) is 6.92 Å². The lowest BCUT2D eigenvalue weighted by atomic mass is 9.91. The van der Waals surface area contributed by atoms with Gasteiger partial charge in [-0.2, -0.15) is 0 Å². The molecule has 0 bridgehead atoms. The zero-order valence-corrected chi connectivity index (χ0v) is 9.82. The molecule has 0 spiro atoms. The van der Waals surface area contributed by atoms with E-state index in [9.17, 15) is 5.11 Å². The normalized spacial score (nSPS) is 39.2. The molecule has 1 N–H and O–H groups in total. The Hall–Kier alpha value is -0.0800. The number of aliphatic hydroxyl groups excluding tert-OH is 1. The quantitative estimate of drug-likeness (QED) is 0.713. The van der Waals surface area contributed by atoms with Crippen molar-refractivity contribution in [1.82, 2.24) is 0 Å². The number of ether oxygens (including phenoxy) is 1. The van der Waals surface area contributed by atoms with Crippen LogP contribution in [0, 0.1) is 5.92 Å². The van der Waals surface area contributed by atoms with Gasteiger partial charge in [0.1, 0.15) is 0 Å². The zero-order chi connectivity index (χ0) is 10.7. The highest BCUT2D eigenvalue weighted by Crippen LogP contribution is 2.34. The van der Waals surface area contributed by atoms with Gasteiger partial charge in [-0.3, -0.25) is 0 Å². The van der Waals surface area contributed by atoms with Crippen molar-refractivity contribution in [2.45, 2.75) is 76.6 Å². The van der Waals surface area contributed by atoms with E-state index in [-0.39, 0.29) is 12.2 Å². The molecule has 1 saturated carbocycles. The molecule has 1 aliphatic heterocycles. The molecule has 0 aromatic carbocycles. The molecule has 0 aromatic heterocycles. The average molecular weight is 212 g/mol. The van der Waals surface area contributed by atoms with Gasteiger partial charge in [0.15, 0.2) is 0 Å². The molecule has 1 heterocycles. The first-order valence-corrected chi connectivity index (χ1v) is 6.64. The third-order valence-electron chi connectivity index (χ3n) is 4.08. The van der Waals surface area contributed by atoms with Crippen molar-refractivity contribution in [3.8, 4) is 0 Å². The minimum Gasteiger partial charge on any atom is -0.390 e. The Labute approximate surface area is 93.0 Å². The van der Waals surface area contributed by atoms with Crippen LogP contribution in [0.4, 0.5) is 0 Å². The second-order valence-corrected chi connectivity index (χ2v) is 5.18. The smallest absolute Gasteiger partial charge is 0.0836 e. The van der Waals surface area contributed by atoms with Crippen LogP contribution in [0.25, 0.3) is 0 Å². The lowest BCUT2D eigenvalue weighted by molar-refractivity contribution is -0.0155. The largest absolute Gasteiger partial charge is 0.390 e. The van der Waals surface area contributed by atoms with E-state index in [1.807, 2.05) is 0 Å². The van der Waals surface area contributed by atoms with Crippen molar-refractivity contribution in [3.05, 3.63) is 0 Å². The molecule has 1 unspecified atom stereocenters. The van der Waals surface area contributed by atoms with Gasteiger partial charge < -0.3 is 9.84 Å². The summed E-state index contributed by atoms with van der Waals surface area (Å²) < 4.78 is 5.97. The fourth-order valence-corrected chi connectivity index (χ4v) is 3.12. The second-order valence-electron chi connectivity index (χ2n) is 5.18. The predicted octanol–water partition coefficient (Wildman–Crippen LogP) is 2.89. The van der Waals surface area contributed by atoms with E-state index in [0.29, 0.717) is 6.10 Å². The van der Waals surface area contributed by atoms with Gasteiger partial charge in [-0.05, 0) is 25.2 Å². The molecule has 88 valence electrons. The van der Waals surface area contributed by atoms with Crippen molar-refractivity contribution < 1.29 is 9.84 Å². The Morgan fingerprint density at radius 1 is 1.13 bits per heavy atom. The van der Waals surface area contributed by atoms with Gasteiger partial charge in [0.2, 0.25) is 0 Å². The molecule has 0 amide bonds. The molecule has 1 saturated heterocycles. The predicted molar refractivity (Wildman–Crippen MR) is 60.8 cm³/mol. The number of hydrogen-bond acceptors (Lipinski definition) is 2. The van der Waals surface area contributed by atoms with Gasteiger partial charge in [-0.25, -0.2) is 0 Å². The van der Waals surface area contributed by atoms with Crippen LogP contribution in [-0.4, -0.2) is 23.4 Å². The summed E-state index contributed by atoms with van der Waals surface area (Å²) in [6, 6.07) is 0. The van der Waals surface area contributed by atoms with Crippen molar-refractivity contribution in [1.29, 1.82) is 0 Å². The fraction of sp³-hybridized carbons (Fsp3) is 1.00. The van der Waals surface area contributed by atoms with Gasteiger partial charge in [0.25, 0.3) is 0 Å². The summed E-state index contributed by atoms with van der Waals surface area (Å²) in [6.45, 7) is 2.10. The van der Waals surface area contributed by atoms with Crippen molar-refractivity contribution >= 4 is 0 Å². The van der Waals surface area contributed by atoms with E-state index >= 15 is 0 Å². The second kappa shape index (κ2) is 5.31. The number of rotatable bonds is 2. The SMILES string of the molecule is CCC1O[C@@H](C2CCCCCC2)C[C@H]1O. The third-order valence-corrected chi connectivity index (χ3v) is 4.08. The number of aliphatic hydroxyl groups is 1. The topological polar surface area (TPSA) is 29.5 Å². The summed E-state index contributed by atoms with van der Waals surface area (Å²) >= 11 is 0. The van der Waals surface area contributed by atoms with Crippen LogP contribution in [0.2, 0.25) is 0 Å². The van der Waals surface area contributed by atoms with E-state index in [0.717, 1.165) is 18.8 Å². The Bertz CT molecular complexity index is 185. The standard InChI is InChI=1S/C13H24O2/c1-2-12-11(14)9-13(15-12)10-7-5-3-4-6-8-10/h10-14H,2-9H2,1H3/t11-,12?,13-/m1/s1. The Morgan fingerprint density at radius 2 is 1.80 bits per heavy atom. The van der Waals surface area contributed by atoms with E-state index < -0.39 is 0 Å². The van der Waals surface area contributed by atoms with Crippen LogP contribution in [0.15, 0.2) is 0 Å². The molecule has 0 aromatic rings. The Balaban J connectivity index is 1.88. The molecule has 15 heavy (non-hydrogen) atoms. The minimum absolute atomic E-state index is 0.109. The molecule has 2 heteroatoms. The molecule has 2 nitrogen and oxygen atoms in total. The summed E-state index contributed by atoms with van der Waals surface area (Å²) in [6.07, 6.45) is 10.2. The molecule has 1 aliphatic carbocycles. The van der Waals surface area contributed by atoms with E-state index in [1.165, 1.54) is 38.5 Å². The average Bonchev–Trinajstić information content (AvgIpc) is 2.48. The summed E-state index contributed by atoms with van der Waals surface area (Å²) in [4.78, 5) is 0. The molecule has 2 rings (SSSR count). The van der Waals surface area contributed by atoms with E-state index in [4.69, 9.17) is 4.74 Å². The summed E-state index contributed by atoms with van der Waals surface area (Å²) in [7, 11) is 0. The van der Waals surface area contributed by atoms with Gasteiger partial charge in [-0.15, -0.1) is 0 Å². The van der Waals surface area contributed by atoms with Crippen LogP contribution in [0.3, 0.4) is 0 Å². The summed E-state index contributed by atoms with van der Waals surface area (Å²) in [5, 5.41) is 9.84. The van der Waals surface area contributed by atoms with Gasteiger partial charge in [0.05, 0.1) is 18.3 Å². The van der Waals surface area contributed by atoms with Gasteiger partial charge in [0, 0.05) is 6.42 Å². The minimum atomic E-state index is -0.205. The first kappa shape index (κ1) is 11.4. The zero-order valence-electron chi connectivity index (χ0n) is 9.82. The molecule has 2 fully saturated rings. The third kappa shape index (κ3) is 2.73. The highest BCUT2D eigenvalue weighted by Gasteiger charge is 2.36. The molecular weight excluding hydrogens is 188 g/mol. The van der Waals surface area contributed by atoms with Gasteiger partial charge >= 0.3 is 0 Å². The number of hydrogen-bond donors (Lipinski definition) is 1. The lowest BCUT2D eigenvalue weighted by Crippen LogP contribution is -2.21. The highest BCUT2D eigenvalue weighted by atomic mass is 16.5. The Morgan fingerprint density at radius 3 is 2.33 bits per heavy atom. The maximum atomic E-state index is 9.84. The molecule has 2 aliphatic rings. The van der Waals surface area contributed by atoms with Crippen molar-refractivity contribution in [3.63, 3.8) is 0 Å². The molecule has 0 radical (unpaired) electrons. The fourth-order valence-electron chi connectivity index (χ4n) is 3.12. The van der Waals surface area contributed by atoms with Crippen LogP contribution in [0.1, 0.15) is 58.3 Å². The summed E-state index contributed by atoms with van der Waals surface area (Å²) in [5.41, 5.74) is 0. The van der Waals surface area contributed by atoms with Crippen LogP contribution >= 0.6 is 0 Å². The monoisotopic (exact) mass is 212 g/mol. The van der Waals surface area contributed by atoms with Gasteiger partial charge in [-0.1, -0.05) is 32.6 Å². The first-order valence-electron chi connectivity index (χ1n) is 6.64.